The zero-order valence-corrected chi connectivity index (χ0v) is 11.2. The topological polar surface area (TPSA) is 35.1 Å². The zero-order valence-electron chi connectivity index (χ0n) is 11.2. The van der Waals surface area contributed by atoms with Crippen LogP contribution < -0.4 is 14.8 Å². The smallest absolute Gasteiger partial charge is 0.162 e. The van der Waals surface area contributed by atoms with E-state index in [4.69, 9.17) is 9.47 Å². The Hall–Kier alpha value is -1.66. The van der Waals surface area contributed by atoms with Gasteiger partial charge in [0.1, 0.15) is 13.2 Å². The molecule has 0 amide bonds. The summed E-state index contributed by atoms with van der Waals surface area (Å²) < 4.78 is 10.7. The van der Waals surface area contributed by atoms with Crippen molar-refractivity contribution in [3.8, 4) is 23.3 Å². The third-order valence-electron chi connectivity index (χ3n) is 2.50. The number of hydrogen-bond donors (Lipinski definition) is 1. The van der Waals surface area contributed by atoms with Crippen molar-refractivity contribution in [2.45, 2.75) is 19.8 Å². The van der Waals surface area contributed by atoms with Gasteiger partial charge in [-0.05, 0) is 24.5 Å². The molecule has 0 bridgehead atoms. The van der Waals surface area contributed by atoms with E-state index >= 15 is 0 Å². The van der Waals surface area contributed by atoms with E-state index in [0.717, 1.165) is 24.6 Å². The largest absolute Gasteiger partial charge is 0.493 e. The van der Waals surface area contributed by atoms with Gasteiger partial charge in [-0.25, -0.2) is 0 Å². The lowest BCUT2D eigenvalue weighted by Gasteiger charge is -2.07. The van der Waals surface area contributed by atoms with E-state index in [1.54, 1.807) is 7.11 Å². The van der Waals surface area contributed by atoms with Crippen molar-refractivity contribution in [1.29, 1.82) is 0 Å². The molecule has 0 radical (unpaired) electrons. The van der Waals surface area contributed by atoms with Gasteiger partial charge in [0, 0.05) is 0 Å². The van der Waals surface area contributed by atoms with Crippen LogP contribution in [0.25, 0.3) is 0 Å². The number of unbranched alkanes of at least 4 members (excludes halogenated alkanes) is 1. The summed E-state index contributed by atoms with van der Waals surface area (Å²) in [4.78, 5) is 0. The number of ether oxygens (including phenoxy) is 2. The normalized spacial score (nSPS) is 9.44. The molecule has 18 heavy (non-hydrogen) atoms. The van der Waals surface area contributed by atoms with Gasteiger partial charge in [-0.3, -0.25) is 0 Å². The summed E-state index contributed by atoms with van der Waals surface area (Å²) in [6.45, 7) is 4.59. The van der Waals surface area contributed by atoms with Gasteiger partial charge in [0.25, 0.3) is 0 Å². The van der Waals surface area contributed by atoms with Crippen molar-refractivity contribution >= 4 is 0 Å². The summed E-state index contributed by atoms with van der Waals surface area (Å²) in [5.74, 6) is 7.57. The fourth-order valence-electron chi connectivity index (χ4n) is 1.50. The van der Waals surface area contributed by atoms with Crippen LogP contribution in [-0.4, -0.2) is 26.8 Å². The maximum Gasteiger partial charge on any atom is 0.162 e. The summed E-state index contributed by atoms with van der Waals surface area (Å²) in [5.41, 5.74) is 0. The molecule has 0 spiro atoms. The maximum atomic E-state index is 5.54. The molecule has 0 aromatic heterocycles. The number of hydrogen-bond acceptors (Lipinski definition) is 2. The van der Waals surface area contributed by atoms with E-state index in [1.165, 1.54) is 12.8 Å². The second-order valence-corrected chi connectivity index (χ2v) is 3.93. The van der Waals surface area contributed by atoms with E-state index in [0.29, 0.717) is 6.61 Å². The van der Waals surface area contributed by atoms with Gasteiger partial charge in [0.2, 0.25) is 0 Å². The number of rotatable bonds is 7. The predicted molar refractivity (Wildman–Crippen MR) is 72.8 cm³/mol. The van der Waals surface area contributed by atoms with E-state index < -0.39 is 0 Å². The monoisotopic (exact) mass is 248 g/mol. The molecule has 0 fully saturated rings. The number of nitrogens with two attached hydrogens (primary N) is 1. The van der Waals surface area contributed by atoms with Crippen LogP contribution in [0.1, 0.15) is 19.8 Å². The Labute approximate surface area is 109 Å². The molecule has 1 rings (SSSR count). The van der Waals surface area contributed by atoms with Crippen LogP contribution in [0.3, 0.4) is 0 Å². The van der Waals surface area contributed by atoms with Gasteiger partial charge >= 0.3 is 0 Å². The van der Waals surface area contributed by atoms with Gasteiger partial charge < -0.3 is 14.8 Å². The van der Waals surface area contributed by atoms with E-state index in [1.807, 2.05) is 24.3 Å². The molecule has 3 heteroatoms. The van der Waals surface area contributed by atoms with Gasteiger partial charge in [0.05, 0.1) is 13.7 Å². The summed E-state index contributed by atoms with van der Waals surface area (Å²) in [6.07, 6.45) is 2.49. The fourth-order valence-corrected chi connectivity index (χ4v) is 1.50. The van der Waals surface area contributed by atoms with Crippen molar-refractivity contribution in [1.82, 2.24) is 0 Å². The highest BCUT2D eigenvalue weighted by molar-refractivity contribution is 5.39. The van der Waals surface area contributed by atoms with E-state index in [-0.39, 0.29) is 0 Å². The molecular weight excluding hydrogens is 226 g/mol. The highest BCUT2D eigenvalue weighted by atomic mass is 16.5. The molecular formula is C15H22NO2+. The Morgan fingerprint density at radius 3 is 2.67 bits per heavy atom. The molecule has 0 saturated heterocycles. The molecule has 0 aliphatic rings. The number of para-hydroxylation sites is 2. The minimum Gasteiger partial charge on any atom is -0.493 e. The SMILES string of the molecule is CCCC[NH2+]CC#CCOc1ccccc1OC. The van der Waals surface area contributed by atoms with Crippen molar-refractivity contribution in [2.75, 3.05) is 26.8 Å². The summed E-state index contributed by atoms with van der Waals surface area (Å²) in [5, 5.41) is 2.22. The molecule has 3 nitrogen and oxygen atoms in total. The van der Waals surface area contributed by atoms with Crippen molar-refractivity contribution < 1.29 is 14.8 Å². The lowest BCUT2D eigenvalue weighted by Crippen LogP contribution is -2.84. The minimum atomic E-state index is 0.405. The quantitative estimate of drug-likeness (QED) is 0.585. The van der Waals surface area contributed by atoms with Crippen LogP contribution in [0, 0.1) is 11.8 Å². The fraction of sp³-hybridized carbons (Fsp3) is 0.467. The highest BCUT2D eigenvalue weighted by Gasteiger charge is 2.00. The standard InChI is InChI=1S/C15H21NO2/c1-3-4-11-16-12-7-8-13-18-15-10-6-5-9-14(15)17-2/h5-6,9-10,16H,3-4,11-13H2,1-2H3/p+1. The molecule has 98 valence electrons. The average molecular weight is 248 g/mol. The lowest BCUT2D eigenvalue weighted by atomic mass is 10.3. The van der Waals surface area contributed by atoms with Crippen LogP contribution in [0.4, 0.5) is 0 Å². The lowest BCUT2D eigenvalue weighted by molar-refractivity contribution is -0.644. The molecule has 1 aromatic carbocycles. The van der Waals surface area contributed by atoms with Crippen LogP contribution in [0.15, 0.2) is 24.3 Å². The summed E-state index contributed by atoms with van der Waals surface area (Å²) in [6, 6.07) is 7.60. The van der Waals surface area contributed by atoms with Crippen molar-refractivity contribution in [3.05, 3.63) is 24.3 Å². The van der Waals surface area contributed by atoms with E-state index in [2.05, 4.69) is 24.1 Å². The van der Waals surface area contributed by atoms with Crippen LogP contribution in [-0.2, 0) is 0 Å². The predicted octanol–water partition coefficient (Wildman–Crippen LogP) is 1.44. The highest BCUT2D eigenvalue weighted by Crippen LogP contribution is 2.25. The van der Waals surface area contributed by atoms with Gasteiger partial charge in [0.15, 0.2) is 11.5 Å². The van der Waals surface area contributed by atoms with Crippen LogP contribution in [0.2, 0.25) is 0 Å². The molecule has 1 aromatic rings. The number of quaternary nitrogens is 1. The minimum absolute atomic E-state index is 0.405. The van der Waals surface area contributed by atoms with Crippen molar-refractivity contribution in [2.24, 2.45) is 0 Å². The number of benzene rings is 1. The molecule has 0 aliphatic carbocycles. The first kappa shape index (κ1) is 14.4. The summed E-state index contributed by atoms with van der Waals surface area (Å²) >= 11 is 0. The van der Waals surface area contributed by atoms with E-state index in [9.17, 15) is 0 Å². The van der Waals surface area contributed by atoms with Gasteiger partial charge in [-0.1, -0.05) is 31.4 Å². The Morgan fingerprint density at radius 2 is 1.94 bits per heavy atom. The molecule has 0 atom stereocenters. The second kappa shape index (κ2) is 9.38. The first-order valence-corrected chi connectivity index (χ1v) is 6.41. The molecule has 0 aliphatic heterocycles. The zero-order chi connectivity index (χ0) is 13.1. The van der Waals surface area contributed by atoms with Gasteiger partial charge in [-0.15, -0.1) is 0 Å². The summed E-state index contributed by atoms with van der Waals surface area (Å²) in [7, 11) is 1.64. The third kappa shape index (κ3) is 5.60. The first-order chi connectivity index (χ1) is 8.88. The number of methoxy groups -OCH3 is 1. The molecule has 0 heterocycles. The second-order valence-electron chi connectivity index (χ2n) is 3.93. The third-order valence-corrected chi connectivity index (χ3v) is 2.50. The Morgan fingerprint density at radius 1 is 1.17 bits per heavy atom. The van der Waals surface area contributed by atoms with Crippen molar-refractivity contribution in [3.63, 3.8) is 0 Å². The van der Waals surface area contributed by atoms with Crippen LogP contribution >= 0.6 is 0 Å². The maximum absolute atomic E-state index is 5.54. The molecule has 0 saturated carbocycles. The molecule has 0 unspecified atom stereocenters. The Kier molecular flexibility index (Phi) is 7.50. The Bertz CT molecular complexity index is 393. The average Bonchev–Trinajstić information content (AvgIpc) is 2.42. The van der Waals surface area contributed by atoms with Gasteiger partial charge in [-0.2, -0.15) is 0 Å². The van der Waals surface area contributed by atoms with Crippen LogP contribution in [0.5, 0.6) is 11.5 Å². The first-order valence-electron chi connectivity index (χ1n) is 6.41. The Balaban J connectivity index is 2.23. The molecule has 2 N–H and O–H groups in total.